The molecule has 0 aliphatic carbocycles. The molecule has 72 valence electrons. The highest BCUT2D eigenvalue weighted by molar-refractivity contribution is 14.1. The average Bonchev–Trinajstić information content (AvgIpc) is 2.17. The summed E-state index contributed by atoms with van der Waals surface area (Å²) in [6, 6.07) is 9.43. The highest BCUT2D eigenvalue weighted by Crippen LogP contribution is 1.99. The Morgan fingerprint density at radius 1 is 1.23 bits per heavy atom. The molecule has 0 atom stereocenters. The van der Waals surface area contributed by atoms with E-state index in [0.717, 1.165) is 5.56 Å². The molecule has 1 N–H and O–H groups in total. The molecule has 0 saturated heterocycles. The van der Waals surface area contributed by atoms with Crippen molar-refractivity contribution in [3.05, 3.63) is 35.9 Å². The fraction of sp³-hybridized carbons (Fsp3) is 0.250. The molecule has 1 aromatic rings. The molecule has 1 rings (SSSR count). The molecule has 0 spiro atoms. The van der Waals surface area contributed by atoms with Crippen LogP contribution in [-0.2, 0) is 16.6 Å². The number of benzene rings is 1. The number of rotatable bonds is 4. The van der Waals surface area contributed by atoms with Crippen molar-refractivity contribution in [2.24, 2.45) is 0 Å². The Morgan fingerprint density at radius 2 is 1.85 bits per heavy atom. The molecule has 0 heterocycles. The van der Waals surface area contributed by atoms with E-state index >= 15 is 0 Å². The van der Waals surface area contributed by atoms with Gasteiger partial charge in [-0.1, -0.05) is 52.9 Å². The first-order chi connectivity index (χ1) is 6.14. The molecule has 0 bridgehead atoms. The minimum atomic E-state index is -3.08. The maximum atomic E-state index is 11.1. The van der Waals surface area contributed by atoms with E-state index in [1.54, 1.807) is 0 Å². The second-order valence-electron chi connectivity index (χ2n) is 2.53. The van der Waals surface area contributed by atoms with Gasteiger partial charge in [-0.05, 0) is 5.56 Å². The lowest BCUT2D eigenvalue weighted by Crippen LogP contribution is -2.23. The Labute approximate surface area is 91.7 Å². The molecule has 5 heteroatoms. The predicted octanol–water partition coefficient (Wildman–Crippen LogP) is 1.50. The van der Waals surface area contributed by atoms with Gasteiger partial charge in [-0.3, -0.25) is 0 Å². The smallest absolute Gasteiger partial charge is 0.212 e. The summed E-state index contributed by atoms with van der Waals surface area (Å²) in [6.07, 6.45) is 0. The van der Waals surface area contributed by atoms with Gasteiger partial charge in [0.05, 0.1) is 0 Å². The molecule has 0 aliphatic rings. The van der Waals surface area contributed by atoms with Crippen molar-refractivity contribution in [1.82, 2.24) is 4.72 Å². The molecule has 0 amide bonds. The molecule has 0 unspecified atom stereocenters. The van der Waals surface area contributed by atoms with E-state index in [2.05, 4.69) is 4.72 Å². The number of sulfonamides is 1. The molecule has 0 radical (unpaired) electrons. The van der Waals surface area contributed by atoms with Crippen molar-refractivity contribution in [3.8, 4) is 0 Å². The average molecular weight is 311 g/mol. The van der Waals surface area contributed by atoms with Gasteiger partial charge in [0, 0.05) is 6.54 Å². The molecular formula is C8H10INO2S. The summed E-state index contributed by atoms with van der Waals surface area (Å²) in [5.41, 5.74) is 0.968. The van der Waals surface area contributed by atoms with Gasteiger partial charge >= 0.3 is 0 Å². The van der Waals surface area contributed by atoms with Crippen LogP contribution in [-0.4, -0.2) is 12.2 Å². The zero-order valence-electron chi connectivity index (χ0n) is 6.90. The fourth-order valence-corrected chi connectivity index (χ4v) is 1.95. The summed E-state index contributed by atoms with van der Waals surface area (Å²) in [5, 5.41) is 0. The van der Waals surface area contributed by atoms with Crippen LogP contribution in [0.15, 0.2) is 30.3 Å². The molecule has 0 saturated carbocycles. The van der Waals surface area contributed by atoms with E-state index in [9.17, 15) is 8.42 Å². The van der Waals surface area contributed by atoms with Crippen LogP contribution in [0.1, 0.15) is 5.56 Å². The van der Waals surface area contributed by atoms with Gasteiger partial charge in [0.2, 0.25) is 10.0 Å². The Hall–Kier alpha value is -0.140. The summed E-state index contributed by atoms with van der Waals surface area (Å²) in [5.74, 6) is 0. The largest absolute Gasteiger partial charge is 0.221 e. The van der Waals surface area contributed by atoms with Gasteiger partial charge in [-0.25, -0.2) is 13.1 Å². The molecule has 1 aromatic carbocycles. The zero-order valence-corrected chi connectivity index (χ0v) is 9.88. The topological polar surface area (TPSA) is 46.2 Å². The normalized spacial score (nSPS) is 11.5. The SMILES string of the molecule is O=S(=O)(CI)NCc1ccccc1. The monoisotopic (exact) mass is 311 g/mol. The van der Waals surface area contributed by atoms with Crippen LogP contribution >= 0.6 is 22.6 Å². The fourth-order valence-electron chi connectivity index (χ4n) is 0.828. The lowest BCUT2D eigenvalue weighted by molar-refractivity contribution is 0.587. The first-order valence-electron chi connectivity index (χ1n) is 3.71. The van der Waals surface area contributed by atoms with Crippen molar-refractivity contribution in [1.29, 1.82) is 0 Å². The first kappa shape index (κ1) is 10.9. The number of alkyl halides is 1. The second kappa shape index (κ2) is 4.92. The van der Waals surface area contributed by atoms with Crippen LogP contribution < -0.4 is 4.72 Å². The summed E-state index contributed by atoms with van der Waals surface area (Å²) in [7, 11) is -3.08. The van der Waals surface area contributed by atoms with Crippen LogP contribution in [0.4, 0.5) is 0 Å². The number of hydrogen-bond acceptors (Lipinski definition) is 2. The molecular weight excluding hydrogens is 301 g/mol. The molecule has 0 aliphatic heterocycles. The Morgan fingerprint density at radius 3 is 2.38 bits per heavy atom. The standard InChI is InChI=1S/C8H10INO2S/c9-7-13(11,12)10-6-8-4-2-1-3-5-8/h1-5,10H,6-7H2. The van der Waals surface area contributed by atoms with Crippen LogP contribution in [0.3, 0.4) is 0 Å². The van der Waals surface area contributed by atoms with Crippen LogP contribution in [0.25, 0.3) is 0 Å². The third-order valence-electron chi connectivity index (χ3n) is 1.48. The Balaban J connectivity index is 2.54. The number of nitrogens with one attached hydrogen (secondary N) is 1. The van der Waals surface area contributed by atoms with E-state index in [0.29, 0.717) is 6.54 Å². The van der Waals surface area contributed by atoms with Gasteiger partial charge in [0.1, 0.15) is 3.76 Å². The van der Waals surface area contributed by atoms with Crippen molar-refractivity contribution in [2.75, 3.05) is 3.76 Å². The minimum absolute atomic E-state index is 0.0948. The lowest BCUT2D eigenvalue weighted by Gasteiger charge is -2.02. The van der Waals surface area contributed by atoms with E-state index in [1.807, 2.05) is 52.9 Å². The third kappa shape index (κ3) is 4.06. The second-order valence-corrected chi connectivity index (χ2v) is 6.14. The van der Waals surface area contributed by atoms with Crippen molar-refractivity contribution in [2.45, 2.75) is 6.54 Å². The van der Waals surface area contributed by atoms with Crippen LogP contribution in [0.2, 0.25) is 0 Å². The van der Waals surface area contributed by atoms with Gasteiger partial charge in [-0.2, -0.15) is 0 Å². The van der Waals surface area contributed by atoms with Crippen molar-refractivity contribution in [3.63, 3.8) is 0 Å². The minimum Gasteiger partial charge on any atom is -0.212 e. The molecule has 0 aromatic heterocycles. The summed E-state index contributed by atoms with van der Waals surface area (Å²) >= 11 is 1.82. The van der Waals surface area contributed by atoms with Crippen molar-refractivity contribution >= 4 is 32.6 Å². The highest BCUT2D eigenvalue weighted by atomic mass is 127. The van der Waals surface area contributed by atoms with Gasteiger partial charge in [0.25, 0.3) is 0 Å². The Kier molecular flexibility index (Phi) is 4.14. The number of hydrogen-bond donors (Lipinski definition) is 1. The van der Waals surface area contributed by atoms with Gasteiger partial charge in [-0.15, -0.1) is 0 Å². The quantitative estimate of drug-likeness (QED) is 0.676. The van der Waals surface area contributed by atoms with Gasteiger partial charge in [0.15, 0.2) is 0 Å². The summed E-state index contributed by atoms with van der Waals surface area (Å²) in [6.45, 7) is 0.367. The van der Waals surface area contributed by atoms with E-state index in [-0.39, 0.29) is 3.76 Å². The summed E-state index contributed by atoms with van der Waals surface area (Å²) < 4.78 is 24.7. The Bertz CT molecular complexity index is 350. The maximum Gasteiger partial charge on any atom is 0.221 e. The van der Waals surface area contributed by atoms with Crippen LogP contribution in [0.5, 0.6) is 0 Å². The predicted molar refractivity (Wildman–Crippen MR) is 61.1 cm³/mol. The van der Waals surface area contributed by atoms with Crippen LogP contribution in [0, 0.1) is 0 Å². The third-order valence-corrected chi connectivity index (χ3v) is 4.81. The molecule has 0 fully saturated rings. The highest BCUT2D eigenvalue weighted by Gasteiger charge is 2.05. The van der Waals surface area contributed by atoms with E-state index < -0.39 is 10.0 Å². The van der Waals surface area contributed by atoms with E-state index in [4.69, 9.17) is 0 Å². The summed E-state index contributed by atoms with van der Waals surface area (Å²) in [4.78, 5) is 0. The zero-order chi connectivity index (χ0) is 9.73. The molecule has 13 heavy (non-hydrogen) atoms. The maximum absolute atomic E-state index is 11.1. The van der Waals surface area contributed by atoms with E-state index in [1.165, 1.54) is 0 Å². The lowest BCUT2D eigenvalue weighted by atomic mass is 10.2. The number of halogens is 1. The molecule has 3 nitrogen and oxygen atoms in total. The van der Waals surface area contributed by atoms with Crippen molar-refractivity contribution < 1.29 is 8.42 Å². The first-order valence-corrected chi connectivity index (χ1v) is 6.89. The van der Waals surface area contributed by atoms with Gasteiger partial charge < -0.3 is 0 Å².